The van der Waals surface area contributed by atoms with E-state index in [1.807, 2.05) is 13.8 Å². The van der Waals surface area contributed by atoms with Crippen molar-refractivity contribution in [3.63, 3.8) is 0 Å². The molecule has 0 radical (unpaired) electrons. The Hall–Kier alpha value is -1.08. The first kappa shape index (κ1) is 12.0. The van der Waals surface area contributed by atoms with E-state index in [-0.39, 0.29) is 12.5 Å². The molecule has 0 aromatic rings. The number of rotatable bonds is 5. The van der Waals surface area contributed by atoms with Crippen LogP contribution in [0.3, 0.4) is 0 Å². The minimum atomic E-state index is -0.772. The highest BCUT2D eigenvalue weighted by molar-refractivity contribution is 5.88. The first-order chi connectivity index (χ1) is 7.02. The van der Waals surface area contributed by atoms with E-state index in [9.17, 15) is 4.79 Å². The number of nitriles is 1. The Labute approximate surface area is 90.3 Å². The monoisotopic (exact) mass is 210 g/mol. The summed E-state index contributed by atoms with van der Waals surface area (Å²) in [6.07, 6.45) is 2.60. The van der Waals surface area contributed by atoms with E-state index in [0.29, 0.717) is 19.3 Å². The van der Waals surface area contributed by atoms with Crippen LogP contribution in [0.5, 0.6) is 0 Å². The fourth-order valence-corrected chi connectivity index (χ4v) is 1.48. The van der Waals surface area contributed by atoms with Gasteiger partial charge in [-0.15, -0.1) is 0 Å². The maximum absolute atomic E-state index is 11.8. The minimum absolute atomic E-state index is 0.0458. The van der Waals surface area contributed by atoms with Crippen molar-refractivity contribution < 1.29 is 9.90 Å². The molecular formula is C11H18N2O2. The molecule has 0 aliphatic heterocycles. The van der Waals surface area contributed by atoms with Crippen molar-refractivity contribution in [1.82, 2.24) is 5.32 Å². The van der Waals surface area contributed by atoms with Gasteiger partial charge in [-0.3, -0.25) is 4.79 Å². The number of aliphatic hydroxyl groups is 1. The number of hydrogen-bond donors (Lipinski definition) is 2. The molecule has 4 nitrogen and oxygen atoms in total. The molecule has 1 rings (SSSR count). The number of aliphatic hydroxyl groups excluding tert-OH is 1. The highest BCUT2D eigenvalue weighted by Gasteiger charge is 2.51. The van der Waals surface area contributed by atoms with Gasteiger partial charge in [0.1, 0.15) is 5.41 Å². The summed E-state index contributed by atoms with van der Waals surface area (Å²) in [6.45, 7) is 3.90. The van der Waals surface area contributed by atoms with Crippen molar-refractivity contribution in [2.45, 2.75) is 45.1 Å². The van der Waals surface area contributed by atoms with Crippen LogP contribution in [0.1, 0.15) is 39.5 Å². The summed E-state index contributed by atoms with van der Waals surface area (Å²) in [5.74, 6) is -0.178. The fraction of sp³-hybridized carbons (Fsp3) is 0.818. The van der Waals surface area contributed by atoms with Crippen molar-refractivity contribution in [2.24, 2.45) is 5.41 Å². The predicted octanol–water partition coefficient (Wildman–Crippen LogP) is 0.957. The van der Waals surface area contributed by atoms with E-state index >= 15 is 0 Å². The largest absolute Gasteiger partial charge is 0.396 e. The number of carbonyl (C=O) groups excluding carboxylic acids is 1. The van der Waals surface area contributed by atoms with Crippen LogP contribution in [0.4, 0.5) is 0 Å². The van der Waals surface area contributed by atoms with Gasteiger partial charge in [0.05, 0.1) is 6.07 Å². The van der Waals surface area contributed by atoms with E-state index in [2.05, 4.69) is 11.4 Å². The van der Waals surface area contributed by atoms with Gasteiger partial charge in [0.2, 0.25) is 5.91 Å². The highest BCUT2D eigenvalue weighted by atomic mass is 16.3. The van der Waals surface area contributed by atoms with Crippen molar-refractivity contribution in [2.75, 3.05) is 6.61 Å². The van der Waals surface area contributed by atoms with Gasteiger partial charge < -0.3 is 10.4 Å². The van der Waals surface area contributed by atoms with Crippen LogP contribution in [-0.2, 0) is 4.79 Å². The maximum atomic E-state index is 11.8. The van der Waals surface area contributed by atoms with E-state index in [1.165, 1.54) is 0 Å². The van der Waals surface area contributed by atoms with E-state index in [1.54, 1.807) is 0 Å². The van der Waals surface area contributed by atoms with Crippen LogP contribution < -0.4 is 5.32 Å². The van der Waals surface area contributed by atoms with Gasteiger partial charge in [0.25, 0.3) is 0 Å². The van der Waals surface area contributed by atoms with Crippen LogP contribution in [0.15, 0.2) is 0 Å². The zero-order valence-corrected chi connectivity index (χ0v) is 9.34. The van der Waals surface area contributed by atoms with Crippen LogP contribution in [0, 0.1) is 16.7 Å². The normalized spacial score (nSPS) is 21.2. The van der Waals surface area contributed by atoms with Crippen LogP contribution >= 0.6 is 0 Å². The second kappa shape index (κ2) is 4.19. The molecule has 0 aromatic carbocycles. The van der Waals surface area contributed by atoms with Gasteiger partial charge in [-0.05, 0) is 32.6 Å². The third kappa shape index (κ3) is 2.48. The summed E-state index contributed by atoms with van der Waals surface area (Å²) in [4.78, 5) is 11.8. The summed E-state index contributed by atoms with van der Waals surface area (Å²) in [6, 6.07) is 2.07. The third-order valence-corrected chi connectivity index (χ3v) is 3.26. The second-order valence-electron chi connectivity index (χ2n) is 4.54. The van der Waals surface area contributed by atoms with E-state index < -0.39 is 11.0 Å². The van der Waals surface area contributed by atoms with Crippen LogP contribution in [0.2, 0.25) is 0 Å². The SMILES string of the molecule is CCC(C)(CCO)NC(=O)C1(C#N)CC1. The van der Waals surface area contributed by atoms with Crippen molar-refractivity contribution in [1.29, 1.82) is 5.26 Å². The molecule has 4 heteroatoms. The summed E-state index contributed by atoms with van der Waals surface area (Å²) < 4.78 is 0. The van der Waals surface area contributed by atoms with Crippen LogP contribution in [0.25, 0.3) is 0 Å². The Morgan fingerprint density at radius 3 is 2.60 bits per heavy atom. The molecule has 0 bridgehead atoms. The number of nitrogens with one attached hydrogen (secondary N) is 1. The molecular weight excluding hydrogens is 192 g/mol. The second-order valence-corrected chi connectivity index (χ2v) is 4.54. The number of hydrogen-bond acceptors (Lipinski definition) is 3. The van der Waals surface area contributed by atoms with Gasteiger partial charge in [-0.1, -0.05) is 6.92 Å². The molecule has 0 saturated heterocycles. The van der Waals surface area contributed by atoms with E-state index in [0.717, 1.165) is 6.42 Å². The topological polar surface area (TPSA) is 73.1 Å². The lowest BCUT2D eigenvalue weighted by Gasteiger charge is -2.29. The molecule has 15 heavy (non-hydrogen) atoms. The van der Waals surface area contributed by atoms with E-state index in [4.69, 9.17) is 10.4 Å². The lowest BCUT2D eigenvalue weighted by Crippen LogP contribution is -2.48. The van der Waals surface area contributed by atoms with Gasteiger partial charge in [-0.2, -0.15) is 5.26 Å². The van der Waals surface area contributed by atoms with Gasteiger partial charge in [0, 0.05) is 12.1 Å². The Morgan fingerprint density at radius 1 is 1.67 bits per heavy atom. The molecule has 1 unspecified atom stereocenters. The molecule has 2 N–H and O–H groups in total. The van der Waals surface area contributed by atoms with Crippen molar-refractivity contribution >= 4 is 5.91 Å². The summed E-state index contributed by atoms with van der Waals surface area (Å²) in [5.41, 5.74) is -1.16. The van der Waals surface area contributed by atoms with Crippen LogP contribution in [-0.4, -0.2) is 23.2 Å². The maximum Gasteiger partial charge on any atom is 0.240 e. The molecule has 1 atom stereocenters. The first-order valence-electron chi connectivity index (χ1n) is 5.37. The Kier molecular flexibility index (Phi) is 3.35. The molecule has 84 valence electrons. The standard InChI is InChI=1S/C11H18N2O2/c1-3-10(2,6-7-14)13-9(15)11(8-12)4-5-11/h14H,3-7H2,1-2H3,(H,13,15). The minimum Gasteiger partial charge on any atom is -0.396 e. The lowest BCUT2D eigenvalue weighted by atomic mass is 9.93. The fourth-order valence-electron chi connectivity index (χ4n) is 1.48. The molecule has 1 fully saturated rings. The Bertz CT molecular complexity index is 291. The quantitative estimate of drug-likeness (QED) is 0.709. The van der Waals surface area contributed by atoms with Gasteiger partial charge in [-0.25, -0.2) is 0 Å². The first-order valence-corrected chi connectivity index (χ1v) is 5.37. The lowest BCUT2D eigenvalue weighted by molar-refractivity contribution is -0.126. The average Bonchev–Trinajstić information content (AvgIpc) is 2.98. The summed E-state index contributed by atoms with van der Waals surface area (Å²) in [7, 11) is 0. The number of nitrogens with zero attached hydrogens (tertiary/aromatic N) is 1. The van der Waals surface area contributed by atoms with Gasteiger partial charge in [0.15, 0.2) is 0 Å². The highest BCUT2D eigenvalue weighted by Crippen LogP contribution is 2.45. The molecule has 0 spiro atoms. The number of carbonyl (C=O) groups is 1. The van der Waals surface area contributed by atoms with Crippen molar-refractivity contribution in [3.8, 4) is 6.07 Å². The summed E-state index contributed by atoms with van der Waals surface area (Å²) in [5, 5.41) is 20.6. The molecule has 1 saturated carbocycles. The summed E-state index contributed by atoms with van der Waals surface area (Å²) >= 11 is 0. The zero-order chi connectivity index (χ0) is 11.5. The van der Waals surface area contributed by atoms with Gasteiger partial charge >= 0.3 is 0 Å². The molecule has 1 amide bonds. The molecule has 1 aliphatic rings. The molecule has 0 aromatic heterocycles. The smallest absolute Gasteiger partial charge is 0.240 e. The van der Waals surface area contributed by atoms with Crippen molar-refractivity contribution in [3.05, 3.63) is 0 Å². The number of amides is 1. The third-order valence-electron chi connectivity index (χ3n) is 3.26. The Balaban J connectivity index is 2.60. The Morgan fingerprint density at radius 2 is 2.27 bits per heavy atom. The molecule has 1 aliphatic carbocycles. The zero-order valence-electron chi connectivity index (χ0n) is 9.34. The average molecular weight is 210 g/mol. The predicted molar refractivity (Wildman–Crippen MR) is 55.8 cm³/mol. The molecule has 0 heterocycles.